The highest BCUT2D eigenvalue weighted by molar-refractivity contribution is 6.44. The van der Waals surface area contributed by atoms with Crippen molar-refractivity contribution in [3.63, 3.8) is 0 Å². The number of halogens is 3. The molecule has 2 rings (SSSR count). The molecule has 0 heterocycles. The third-order valence-corrected chi connectivity index (χ3v) is 4.44. The SMILES string of the molecule is O=C(CCC(=O)OCC(=O)Nc1cccc(Cl)c1Cl)Nc1ccccc1Cl. The molecule has 0 atom stereocenters. The van der Waals surface area contributed by atoms with Crippen LogP contribution in [0.1, 0.15) is 12.8 Å². The third kappa shape index (κ3) is 6.75. The number of rotatable bonds is 7. The van der Waals surface area contributed by atoms with E-state index in [4.69, 9.17) is 39.5 Å². The Morgan fingerprint density at radius 1 is 0.778 bits per heavy atom. The summed E-state index contributed by atoms with van der Waals surface area (Å²) in [5, 5.41) is 5.94. The van der Waals surface area contributed by atoms with Gasteiger partial charge in [0.25, 0.3) is 5.91 Å². The number of anilines is 2. The van der Waals surface area contributed by atoms with Gasteiger partial charge >= 0.3 is 5.97 Å². The second-order valence-electron chi connectivity index (χ2n) is 5.34. The lowest BCUT2D eigenvalue weighted by atomic mass is 10.2. The van der Waals surface area contributed by atoms with Crippen molar-refractivity contribution in [2.45, 2.75) is 12.8 Å². The normalized spacial score (nSPS) is 10.2. The fourth-order valence-electron chi connectivity index (χ4n) is 2.00. The number of benzene rings is 2. The van der Waals surface area contributed by atoms with Gasteiger partial charge < -0.3 is 15.4 Å². The van der Waals surface area contributed by atoms with E-state index in [0.29, 0.717) is 16.4 Å². The molecule has 0 aliphatic heterocycles. The molecule has 0 aliphatic carbocycles. The zero-order chi connectivity index (χ0) is 19.8. The van der Waals surface area contributed by atoms with E-state index in [0.717, 1.165) is 0 Å². The molecule has 0 fully saturated rings. The first kappa shape index (κ1) is 21.0. The number of nitrogens with one attached hydrogen (secondary N) is 2. The smallest absolute Gasteiger partial charge is 0.306 e. The number of carbonyl (C=O) groups excluding carboxylic acids is 3. The van der Waals surface area contributed by atoms with E-state index in [9.17, 15) is 14.4 Å². The summed E-state index contributed by atoms with van der Waals surface area (Å²) in [5.74, 6) is -1.65. The largest absolute Gasteiger partial charge is 0.456 e. The number of ether oxygens (including phenoxy) is 1. The van der Waals surface area contributed by atoms with Gasteiger partial charge in [0.15, 0.2) is 6.61 Å². The van der Waals surface area contributed by atoms with Crippen molar-refractivity contribution in [3.05, 3.63) is 57.5 Å². The Kier molecular flexibility index (Phi) is 7.91. The van der Waals surface area contributed by atoms with E-state index < -0.39 is 24.4 Å². The van der Waals surface area contributed by atoms with Crippen LogP contribution in [0.25, 0.3) is 0 Å². The van der Waals surface area contributed by atoms with E-state index in [1.165, 1.54) is 0 Å². The highest BCUT2D eigenvalue weighted by Gasteiger charge is 2.13. The summed E-state index contributed by atoms with van der Waals surface area (Å²) in [6.45, 7) is -0.506. The summed E-state index contributed by atoms with van der Waals surface area (Å²) < 4.78 is 4.84. The number of hydrogen-bond acceptors (Lipinski definition) is 4. The fourth-order valence-corrected chi connectivity index (χ4v) is 2.53. The monoisotopic (exact) mass is 428 g/mol. The van der Waals surface area contributed by atoms with Crippen LogP contribution in [-0.2, 0) is 19.1 Å². The van der Waals surface area contributed by atoms with Gasteiger partial charge in [0.1, 0.15) is 0 Å². The van der Waals surface area contributed by atoms with Gasteiger partial charge in [-0.05, 0) is 24.3 Å². The van der Waals surface area contributed by atoms with Gasteiger partial charge in [-0.2, -0.15) is 0 Å². The molecule has 9 heteroatoms. The number of para-hydroxylation sites is 1. The van der Waals surface area contributed by atoms with Gasteiger partial charge in [0.2, 0.25) is 5.91 Å². The Morgan fingerprint density at radius 3 is 2.15 bits per heavy atom. The molecule has 0 saturated heterocycles. The highest BCUT2D eigenvalue weighted by atomic mass is 35.5. The lowest BCUT2D eigenvalue weighted by Gasteiger charge is -2.09. The van der Waals surface area contributed by atoms with Crippen LogP contribution in [0.15, 0.2) is 42.5 Å². The van der Waals surface area contributed by atoms with Crippen LogP contribution in [0.2, 0.25) is 15.1 Å². The first-order valence-corrected chi connectivity index (χ1v) is 8.94. The quantitative estimate of drug-likeness (QED) is 0.633. The first-order valence-electron chi connectivity index (χ1n) is 7.80. The number of esters is 1. The molecule has 2 aromatic rings. The molecular formula is C18H15Cl3N2O4. The maximum Gasteiger partial charge on any atom is 0.306 e. The summed E-state index contributed by atoms with van der Waals surface area (Å²) in [6, 6.07) is 11.5. The first-order chi connectivity index (χ1) is 12.9. The summed E-state index contributed by atoms with van der Waals surface area (Å²) in [7, 11) is 0. The number of hydrogen-bond donors (Lipinski definition) is 2. The lowest BCUT2D eigenvalue weighted by Crippen LogP contribution is -2.22. The molecule has 0 radical (unpaired) electrons. The summed E-state index contributed by atoms with van der Waals surface area (Å²) in [5.41, 5.74) is 0.764. The molecular weight excluding hydrogens is 415 g/mol. The molecule has 0 saturated carbocycles. The average Bonchev–Trinajstić information content (AvgIpc) is 2.64. The molecule has 6 nitrogen and oxygen atoms in total. The van der Waals surface area contributed by atoms with Crippen molar-refractivity contribution in [3.8, 4) is 0 Å². The molecule has 2 N–H and O–H groups in total. The van der Waals surface area contributed by atoms with Crippen molar-refractivity contribution in [1.82, 2.24) is 0 Å². The molecule has 0 aliphatic rings. The Balaban J connectivity index is 1.72. The second kappa shape index (κ2) is 10.2. The molecule has 0 aromatic heterocycles. The zero-order valence-electron chi connectivity index (χ0n) is 13.9. The molecule has 2 aromatic carbocycles. The number of amides is 2. The maximum absolute atomic E-state index is 11.8. The van der Waals surface area contributed by atoms with Crippen LogP contribution in [0.5, 0.6) is 0 Å². The summed E-state index contributed by atoms with van der Waals surface area (Å²) >= 11 is 17.7. The van der Waals surface area contributed by atoms with Crippen LogP contribution in [0.4, 0.5) is 11.4 Å². The molecule has 0 bridgehead atoms. The zero-order valence-corrected chi connectivity index (χ0v) is 16.2. The predicted molar refractivity (Wildman–Crippen MR) is 105 cm³/mol. The van der Waals surface area contributed by atoms with Crippen molar-refractivity contribution in [2.24, 2.45) is 0 Å². The van der Waals surface area contributed by atoms with E-state index in [2.05, 4.69) is 10.6 Å². The molecule has 27 heavy (non-hydrogen) atoms. The lowest BCUT2D eigenvalue weighted by molar-refractivity contribution is -0.147. The van der Waals surface area contributed by atoms with Gasteiger partial charge in [-0.1, -0.05) is 53.0 Å². The van der Waals surface area contributed by atoms with Crippen LogP contribution in [0, 0.1) is 0 Å². The van der Waals surface area contributed by atoms with Crippen molar-refractivity contribution in [2.75, 3.05) is 17.2 Å². The second-order valence-corrected chi connectivity index (χ2v) is 6.53. The van der Waals surface area contributed by atoms with Gasteiger partial charge in [-0.3, -0.25) is 14.4 Å². The molecule has 2 amide bonds. The Hall–Kier alpha value is -2.28. The van der Waals surface area contributed by atoms with Crippen LogP contribution >= 0.6 is 34.8 Å². The van der Waals surface area contributed by atoms with Crippen LogP contribution in [0.3, 0.4) is 0 Å². The Bertz CT molecular complexity index is 858. The van der Waals surface area contributed by atoms with Gasteiger partial charge in [-0.25, -0.2) is 0 Å². The van der Waals surface area contributed by atoms with Gasteiger partial charge in [0.05, 0.1) is 32.9 Å². The highest BCUT2D eigenvalue weighted by Crippen LogP contribution is 2.29. The fraction of sp³-hybridized carbons (Fsp3) is 0.167. The maximum atomic E-state index is 11.8. The number of carbonyl (C=O) groups is 3. The third-order valence-electron chi connectivity index (χ3n) is 3.29. The topological polar surface area (TPSA) is 84.5 Å². The van der Waals surface area contributed by atoms with Crippen molar-refractivity contribution < 1.29 is 19.1 Å². The van der Waals surface area contributed by atoms with E-state index in [1.807, 2.05) is 0 Å². The van der Waals surface area contributed by atoms with E-state index in [1.54, 1.807) is 42.5 Å². The minimum Gasteiger partial charge on any atom is -0.456 e. The van der Waals surface area contributed by atoms with Crippen molar-refractivity contribution >= 4 is 64.0 Å². The van der Waals surface area contributed by atoms with E-state index in [-0.39, 0.29) is 22.9 Å². The summed E-state index contributed by atoms with van der Waals surface area (Å²) in [6.07, 6.45) is -0.284. The van der Waals surface area contributed by atoms with Gasteiger partial charge in [-0.15, -0.1) is 0 Å². The molecule has 0 unspecified atom stereocenters. The Labute approximate surface area is 170 Å². The van der Waals surface area contributed by atoms with Crippen LogP contribution < -0.4 is 10.6 Å². The average molecular weight is 430 g/mol. The molecule has 0 spiro atoms. The van der Waals surface area contributed by atoms with E-state index >= 15 is 0 Å². The van der Waals surface area contributed by atoms with Gasteiger partial charge in [0, 0.05) is 6.42 Å². The standard InChI is InChI=1S/C18H15Cl3N2O4/c19-11-4-1-2-6-13(11)22-15(24)8-9-17(26)27-10-16(25)23-14-7-3-5-12(20)18(14)21/h1-7H,8-10H2,(H,22,24)(H,23,25). The van der Waals surface area contributed by atoms with Crippen LogP contribution in [-0.4, -0.2) is 24.4 Å². The minimum absolute atomic E-state index is 0.105. The van der Waals surface area contributed by atoms with Crippen molar-refractivity contribution in [1.29, 1.82) is 0 Å². The molecule has 142 valence electrons. The predicted octanol–water partition coefficient (Wildman–Crippen LogP) is 4.55. The minimum atomic E-state index is -0.684. The summed E-state index contributed by atoms with van der Waals surface area (Å²) in [4.78, 5) is 35.3. The Morgan fingerprint density at radius 2 is 1.41 bits per heavy atom.